The number of fused-ring (bicyclic) bond motifs is 1. The molecule has 0 aliphatic rings. The first-order chi connectivity index (χ1) is 9.20. The van der Waals surface area contributed by atoms with E-state index >= 15 is 0 Å². The lowest BCUT2D eigenvalue weighted by Crippen LogP contribution is -2.01. The Balaban J connectivity index is 2.21. The number of carbonyl (C=O) groups is 1. The van der Waals surface area contributed by atoms with Crippen molar-refractivity contribution in [3.63, 3.8) is 0 Å². The molecule has 0 saturated carbocycles. The SMILES string of the molecule is COC(=O)c1ccn2c(-c3cccs3)nc(Cl)c2c1. The fourth-order valence-electron chi connectivity index (χ4n) is 1.87. The summed E-state index contributed by atoms with van der Waals surface area (Å²) in [6, 6.07) is 7.30. The summed E-state index contributed by atoms with van der Waals surface area (Å²) in [4.78, 5) is 16.9. The first-order valence-electron chi connectivity index (χ1n) is 5.50. The van der Waals surface area contributed by atoms with Gasteiger partial charge in [0.05, 0.1) is 23.1 Å². The normalized spacial score (nSPS) is 10.8. The van der Waals surface area contributed by atoms with Gasteiger partial charge in [0, 0.05) is 6.20 Å². The Hall–Kier alpha value is -1.85. The Bertz CT molecular complexity index is 749. The topological polar surface area (TPSA) is 43.6 Å². The summed E-state index contributed by atoms with van der Waals surface area (Å²) >= 11 is 7.72. The van der Waals surface area contributed by atoms with Crippen LogP contribution in [0.3, 0.4) is 0 Å². The number of ether oxygens (including phenoxy) is 1. The van der Waals surface area contributed by atoms with Gasteiger partial charge in [0.2, 0.25) is 0 Å². The van der Waals surface area contributed by atoms with E-state index in [9.17, 15) is 4.79 Å². The van der Waals surface area contributed by atoms with Crippen LogP contribution in [-0.2, 0) is 4.74 Å². The Kier molecular flexibility index (Phi) is 3.00. The molecule has 3 heterocycles. The van der Waals surface area contributed by atoms with Crippen molar-refractivity contribution in [1.29, 1.82) is 0 Å². The molecule has 6 heteroatoms. The van der Waals surface area contributed by atoms with E-state index in [1.54, 1.807) is 29.7 Å². The third-order valence-corrected chi connectivity index (χ3v) is 3.91. The number of thiophene rings is 1. The van der Waals surface area contributed by atoms with Crippen LogP contribution in [0.2, 0.25) is 5.15 Å². The number of halogens is 1. The van der Waals surface area contributed by atoms with Crippen LogP contribution in [0.25, 0.3) is 16.2 Å². The van der Waals surface area contributed by atoms with Crippen LogP contribution in [-0.4, -0.2) is 22.5 Å². The number of aromatic nitrogens is 2. The predicted octanol–water partition coefficient (Wildman–Crippen LogP) is 3.50. The summed E-state index contributed by atoms with van der Waals surface area (Å²) in [6.07, 6.45) is 1.77. The average Bonchev–Trinajstić information content (AvgIpc) is 3.06. The number of hydrogen-bond acceptors (Lipinski definition) is 4. The number of pyridine rings is 1. The van der Waals surface area contributed by atoms with E-state index in [0.29, 0.717) is 16.2 Å². The highest BCUT2D eigenvalue weighted by Crippen LogP contribution is 2.29. The van der Waals surface area contributed by atoms with E-state index in [2.05, 4.69) is 4.98 Å². The molecular formula is C13H9ClN2O2S. The van der Waals surface area contributed by atoms with Crippen LogP contribution < -0.4 is 0 Å². The molecule has 96 valence electrons. The first kappa shape index (κ1) is 12.2. The van der Waals surface area contributed by atoms with Crippen molar-refractivity contribution in [3.8, 4) is 10.7 Å². The van der Waals surface area contributed by atoms with E-state index < -0.39 is 5.97 Å². The maximum absolute atomic E-state index is 11.5. The van der Waals surface area contributed by atoms with Gasteiger partial charge in [-0.3, -0.25) is 4.40 Å². The van der Waals surface area contributed by atoms with Crippen LogP contribution >= 0.6 is 22.9 Å². The zero-order valence-corrected chi connectivity index (χ0v) is 11.5. The second-order valence-corrected chi connectivity index (χ2v) is 5.17. The molecule has 19 heavy (non-hydrogen) atoms. The first-order valence-corrected chi connectivity index (χ1v) is 6.76. The van der Waals surface area contributed by atoms with Crippen molar-refractivity contribution in [3.05, 3.63) is 46.6 Å². The molecule has 3 aromatic heterocycles. The molecule has 0 aliphatic carbocycles. The van der Waals surface area contributed by atoms with Gasteiger partial charge in [0.1, 0.15) is 0 Å². The van der Waals surface area contributed by atoms with Crippen LogP contribution in [0.5, 0.6) is 0 Å². The minimum absolute atomic E-state index is 0.370. The number of imidazole rings is 1. The summed E-state index contributed by atoms with van der Waals surface area (Å²) in [5.41, 5.74) is 1.14. The fourth-order valence-corrected chi connectivity index (χ4v) is 2.81. The number of esters is 1. The molecule has 0 bridgehead atoms. The number of nitrogens with zero attached hydrogens (tertiary/aromatic N) is 2. The van der Waals surface area contributed by atoms with Gasteiger partial charge >= 0.3 is 5.97 Å². The minimum atomic E-state index is -0.391. The Morgan fingerprint density at radius 2 is 2.32 bits per heavy atom. The van der Waals surface area contributed by atoms with E-state index in [4.69, 9.17) is 16.3 Å². The van der Waals surface area contributed by atoms with Crippen molar-refractivity contribution < 1.29 is 9.53 Å². The molecule has 0 spiro atoms. The Morgan fingerprint density at radius 3 is 3.00 bits per heavy atom. The summed E-state index contributed by atoms with van der Waals surface area (Å²) < 4.78 is 6.56. The molecule has 0 aliphatic heterocycles. The second kappa shape index (κ2) is 4.68. The van der Waals surface area contributed by atoms with Gasteiger partial charge in [-0.2, -0.15) is 0 Å². The molecule has 0 unspecified atom stereocenters. The van der Waals surface area contributed by atoms with E-state index in [1.165, 1.54) is 7.11 Å². The molecule has 3 aromatic rings. The number of hydrogen-bond donors (Lipinski definition) is 0. The van der Waals surface area contributed by atoms with Crippen LogP contribution in [0.1, 0.15) is 10.4 Å². The van der Waals surface area contributed by atoms with E-state index in [1.807, 2.05) is 21.9 Å². The highest BCUT2D eigenvalue weighted by molar-refractivity contribution is 7.13. The van der Waals surface area contributed by atoms with Gasteiger partial charge < -0.3 is 4.74 Å². The molecule has 0 fully saturated rings. The van der Waals surface area contributed by atoms with E-state index in [-0.39, 0.29) is 0 Å². The third-order valence-electron chi connectivity index (χ3n) is 2.76. The highest BCUT2D eigenvalue weighted by atomic mass is 35.5. The van der Waals surface area contributed by atoms with Gasteiger partial charge in [-0.25, -0.2) is 9.78 Å². The molecule has 0 N–H and O–H groups in total. The quantitative estimate of drug-likeness (QED) is 0.679. The fraction of sp³-hybridized carbons (Fsp3) is 0.0769. The van der Waals surface area contributed by atoms with Crippen LogP contribution in [0.4, 0.5) is 0 Å². The second-order valence-electron chi connectivity index (χ2n) is 3.87. The summed E-state index contributed by atoms with van der Waals surface area (Å²) in [7, 11) is 1.35. The lowest BCUT2D eigenvalue weighted by molar-refractivity contribution is 0.0601. The van der Waals surface area contributed by atoms with Gasteiger partial charge in [0.15, 0.2) is 11.0 Å². The Labute approximate surface area is 118 Å². The summed E-state index contributed by atoms with van der Waals surface area (Å²) in [5, 5.41) is 2.35. The molecule has 0 amide bonds. The maximum atomic E-state index is 11.5. The largest absolute Gasteiger partial charge is 0.465 e. The summed E-state index contributed by atoms with van der Waals surface area (Å²) in [6.45, 7) is 0. The number of carbonyl (C=O) groups excluding carboxylic acids is 1. The van der Waals surface area contributed by atoms with E-state index in [0.717, 1.165) is 10.7 Å². The highest BCUT2D eigenvalue weighted by Gasteiger charge is 2.14. The number of methoxy groups -OCH3 is 1. The van der Waals surface area contributed by atoms with Crippen molar-refractivity contribution in [2.45, 2.75) is 0 Å². The van der Waals surface area contributed by atoms with Crippen LogP contribution in [0.15, 0.2) is 35.8 Å². The van der Waals surface area contributed by atoms with Crippen molar-refractivity contribution in [2.75, 3.05) is 7.11 Å². The molecule has 0 aromatic carbocycles. The van der Waals surface area contributed by atoms with Gasteiger partial charge in [-0.15, -0.1) is 11.3 Å². The molecule has 0 atom stereocenters. The third kappa shape index (κ3) is 2.01. The standard InChI is InChI=1S/C13H9ClN2O2S/c1-18-13(17)8-4-5-16-9(7-8)11(14)15-12(16)10-3-2-6-19-10/h2-7H,1H3. The molecule has 3 rings (SSSR count). The minimum Gasteiger partial charge on any atom is -0.465 e. The van der Waals surface area contributed by atoms with Crippen molar-refractivity contribution in [1.82, 2.24) is 9.38 Å². The maximum Gasteiger partial charge on any atom is 0.337 e. The lowest BCUT2D eigenvalue weighted by Gasteiger charge is -2.02. The average molecular weight is 293 g/mol. The van der Waals surface area contributed by atoms with Crippen molar-refractivity contribution >= 4 is 34.4 Å². The molecular weight excluding hydrogens is 284 g/mol. The molecule has 4 nitrogen and oxygen atoms in total. The smallest absolute Gasteiger partial charge is 0.337 e. The monoisotopic (exact) mass is 292 g/mol. The Morgan fingerprint density at radius 1 is 1.47 bits per heavy atom. The number of rotatable bonds is 2. The van der Waals surface area contributed by atoms with Gasteiger partial charge in [-0.1, -0.05) is 17.7 Å². The molecule has 0 saturated heterocycles. The zero-order valence-electron chi connectivity index (χ0n) is 9.96. The molecule has 0 radical (unpaired) electrons. The zero-order chi connectivity index (χ0) is 13.4. The lowest BCUT2D eigenvalue weighted by atomic mass is 10.2. The predicted molar refractivity (Wildman–Crippen MR) is 74.9 cm³/mol. The summed E-state index contributed by atoms with van der Waals surface area (Å²) in [5.74, 6) is 0.379. The van der Waals surface area contributed by atoms with Gasteiger partial charge in [-0.05, 0) is 23.6 Å². The van der Waals surface area contributed by atoms with Crippen molar-refractivity contribution in [2.24, 2.45) is 0 Å². The van der Waals surface area contributed by atoms with Crippen LogP contribution in [0, 0.1) is 0 Å². The van der Waals surface area contributed by atoms with Gasteiger partial charge in [0.25, 0.3) is 0 Å².